The van der Waals surface area contributed by atoms with Gasteiger partial charge in [0.15, 0.2) is 11.5 Å². The quantitative estimate of drug-likeness (QED) is 0.807. The lowest BCUT2D eigenvalue weighted by Gasteiger charge is -2.16. The van der Waals surface area contributed by atoms with E-state index in [1.54, 1.807) is 13.4 Å². The highest BCUT2D eigenvalue weighted by atomic mass is 16.5. The Morgan fingerprint density at radius 1 is 1.50 bits per heavy atom. The highest BCUT2D eigenvalue weighted by Crippen LogP contribution is 2.31. The SMILES string of the molecule is CN[C@H]1C[C@H](n2cnc3c(N)ncnc32)O[C@@H]1COC. The molecule has 1 fully saturated rings. The molecule has 3 N–H and O–H groups in total. The molecule has 0 spiro atoms. The van der Waals surface area contributed by atoms with Crippen LogP contribution in [-0.4, -0.2) is 52.4 Å². The van der Waals surface area contributed by atoms with E-state index in [2.05, 4.69) is 20.3 Å². The van der Waals surface area contributed by atoms with Gasteiger partial charge in [-0.1, -0.05) is 0 Å². The van der Waals surface area contributed by atoms with Crippen molar-refractivity contribution in [1.82, 2.24) is 24.8 Å². The van der Waals surface area contributed by atoms with Gasteiger partial charge in [0.25, 0.3) is 0 Å². The van der Waals surface area contributed by atoms with Crippen LogP contribution in [0.2, 0.25) is 0 Å². The van der Waals surface area contributed by atoms with E-state index >= 15 is 0 Å². The van der Waals surface area contributed by atoms with Gasteiger partial charge in [-0.25, -0.2) is 15.0 Å². The Labute approximate surface area is 116 Å². The molecule has 0 radical (unpaired) electrons. The second kappa shape index (κ2) is 5.31. The van der Waals surface area contributed by atoms with Crippen molar-refractivity contribution in [3.05, 3.63) is 12.7 Å². The molecular formula is C12H18N6O2. The third-order valence-corrected chi connectivity index (χ3v) is 3.64. The Morgan fingerprint density at radius 2 is 2.35 bits per heavy atom. The van der Waals surface area contributed by atoms with Crippen LogP contribution in [0.4, 0.5) is 5.82 Å². The Morgan fingerprint density at radius 3 is 3.10 bits per heavy atom. The minimum atomic E-state index is -0.133. The lowest BCUT2D eigenvalue weighted by Crippen LogP contribution is -2.36. The van der Waals surface area contributed by atoms with Crippen molar-refractivity contribution in [3.63, 3.8) is 0 Å². The number of aromatic nitrogens is 4. The zero-order valence-corrected chi connectivity index (χ0v) is 11.5. The number of imidazole rings is 1. The fraction of sp³-hybridized carbons (Fsp3) is 0.583. The maximum absolute atomic E-state index is 6.03. The van der Waals surface area contributed by atoms with Gasteiger partial charge in [0, 0.05) is 19.6 Å². The van der Waals surface area contributed by atoms with Gasteiger partial charge >= 0.3 is 0 Å². The summed E-state index contributed by atoms with van der Waals surface area (Å²) in [4.78, 5) is 12.5. The summed E-state index contributed by atoms with van der Waals surface area (Å²) in [5, 5.41) is 3.25. The summed E-state index contributed by atoms with van der Waals surface area (Å²) in [6.45, 7) is 0.547. The molecule has 108 valence electrons. The number of ether oxygens (including phenoxy) is 2. The van der Waals surface area contributed by atoms with Crippen LogP contribution in [0, 0.1) is 0 Å². The summed E-state index contributed by atoms with van der Waals surface area (Å²) >= 11 is 0. The van der Waals surface area contributed by atoms with Gasteiger partial charge in [-0.2, -0.15) is 0 Å². The van der Waals surface area contributed by atoms with Crippen LogP contribution in [0.1, 0.15) is 12.6 Å². The summed E-state index contributed by atoms with van der Waals surface area (Å²) in [6, 6.07) is 0.233. The van der Waals surface area contributed by atoms with E-state index in [0.717, 1.165) is 6.42 Å². The van der Waals surface area contributed by atoms with Crippen molar-refractivity contribution in [2.45, 2.75) is 24.8 Å². The molecule has 2 aromatic heterocycles. The number of fused-ring (bicyclic) bond motifs is 1. The molecule has 0 amide bonds. The molecule has 2 aromatic rings. The molecule has 1 aliphatic rings. The average molecular weight is 278 g/mol. The minimum absolute atomic E-state index is 0.00614. The highest BCUT2D eigenvalue weighted by molar-refractivity contribution is 5.81. The number of anilines is 1. The molecule has 0 unspecified atom stereocenters. The summed E-state index contributed by atoms with van der Waals surface area (Å²) in [6.07, 6.45) is 3.83. The predicted octanol–water partition coefficient (Wildman–Crippen LogP) is -0.0696. The Balaban J connectivity index is 1.90. The van der Waals surface area contributed by atoms with Gasteiger partial charge < -0.3 is 20.5 Å². The first kappa shape index (κ1) is 13.2. The van der Waals surface area contributed by atoms with Gasteiger partial charge in [-0.05, 0) is 7.05 Å². The zero-order chi connectivity index (χ0) is 14.1. The van der Waals surface area contributed by atoms with E-state index < -0.39 is 0 Å². The molecule has 3 rings (SSSR count). The van der Waals surface area contributed by atoms with Gasteiger partial charge in [-0.15, -0.1) is 0 Å². The van der Waals surface area contributed by atoms with Crippen molar-refractivity contribution in [2.75, 3.05) is 26.5 Å². The van der Waals surface area contributed by atoms with Crippen LogP contribution < -0.4 is 11.1 Å². The lowest BCUT2D eigenvalue weighted by atomic mass is 10.1. The Kier molecular flexibility index (Phi) is 3.51. The monoisotopic (exact) mass is 278 g/mol. The van der Waals surface area contributed by atoms with Crippen molar-refractivity contribution in [3.8, 4) is 0 Å². The van der Waals surface area contributed by atoms with Crippen molar-refractivity contribution in [1.29, 1.82) is 0 Å². The van der Waals surface area contributed by atoms with E-state index in [9.17, 15) is 0 Å². The molecule has 3 heterocycles. The normalized spacial score (nSPS) is 26.4. The number of hydrogen-bond donors (Lipinski definition) is 2. The predicted molar refractivity (Wildman–Crippen MR) is 73.0 cm³/mol. The van der Waals surface area contributed by atoms with Crippen LogP contribution in [0.15, 0.2) is 12.7 Å². The number of nitrogens with zero attached hydrogens (tertiary/aromatic N) is 4. The molecule has 8 heteroatoms. The number of methoxy groups -OCH3 is 1. The number of likely N-dealkylation sites (N-methyl/N-ethyl adjacent to an activating group) is 1. The molecule has 8 nitrogen and oxygen atoms in total. The number of hydrogen-bond acceptors (Lipinski definition) is 7. The molecule has 1 aliphatic heterocycles. The molecule has 3 atom stereocenters. The maximum Gasteiger partial charge on any atom is 0.167 e. The van der Waals surface area contributed by atoms with Gasteiger partial charge in [-0.3, -0.25) is 4.57 Å². The average Bonchev–Trinajstić information content (AvgIpc) is 3.03. The van der Waals surface area contributed by atoms with E-state index in [-0.39, 0.29) is 18.4 Å². The van der Waals surface area contributed by atoms with Crippen LogP contribution in [0.3, 0.4) is 0 Å². The van der Waals surface area contributed by atoms with Crippen LogP contribution in [0.25, 0.3) is 11.2 Å². The standard InChI is InChI=1S/C12H18N6O2/c1-14-7-3-9(20-8(7)4-19-2)18-6-17-10-11(13)15-5-16-12(10)18/h5-9,14H,3-4H2,1-2H3,(H2,13,15,16)/t7-,8+,9+/m0/s1. The van der Waals surface area contributed by atoms with Crippen molar-refractivity contribution in [2.24, 2.45) is 0 Å². The second-order valence-corrected chi connectivity index (χ2v) is 4.80. The van der Waals surface area contributed by atoms with Gasteiger partial charge in [0.05, 0.1) is 19.0 Å². The van der Waals surface area contributed by atoms with E-state index in [1.807, 2.05) is 11.6 Å². The number of nitrogens with one attached hydrogen (secondary N) is 1. The first-order valence-corrected chi connectivity index (χ1v) is 6.49. The number of nitrogen functional groups attached to an aromatic ring is 1. The lowest BCUT2D eigenvalue weighted by molar-refractivity contribution is -0.0343. The second-order valence-electron chi connectivity index (χ2n) is 4.80. The molecule has 1 saturated heterocycles. The van der Waals surface area contributed by atoms with Gasteiger partial charge in [0.1, 0.15) is 18.1 Å². The molecule has 0 aromatic carbocycles. The Bertz CT molecular complexity index is 601. The van der Waals surface area contributed by atoms with E-state index in [1.165, 1.54) is 6.33 Å². The molecule has 0 bridgehead atoms. The first-order chi connectivity index (χ1) is 9.74. The fourth-order valence-corrected chi connectivity index (χ4v) is 2.60. The minimum Gasteiger partial charge on any atom is -0.382 e. The number of rotatable bonds is 4. The third-order valence-electron chi connectivity index (χ3n) is 3.64. The Hall–Kier alpha value is -1.77. The van der Waals surface area contributed by atoms with Crippen molar-refractivity contribution >= 4 is 17.0 Å². The zero-order valence-electron chi connectivity index (χ0n) is 11.5. The van der Waals surface area contributed by atoms with Crippen molar-refractivity contribution < 1.29 is 9.47 Å². The molecule has 0 saturated carbocycles. The number of nitrogens with two attached hydrogens (primary N) is 1. The van der Waals surface area contributed by atoms with Crippen LogP contribution in [0.5, 0.6) is 0 Å². The highest BCUT2D eigenvalue weighted by Gasteiger charge is 2.36. The fourth-order valence-electron chi connectivity index (χ4n) is 2.60. The third kappa shape index (κ3) is 2.11. The summed E-state index contributed by atoms with van der Waals surface area (Å²) < 4.78 is 13.1. The maximum atomic E-state index is 6.03. The van der Waals surface area contributed by atoms with E-state index in [4.69, 9.17) is 15.2 Å². The topological polar surface area (TPSA) is 100 Å². The molecular weight excluding hydrogens is 260 g/mol. The van der Waals surface area contributed by atoms with E-state index in [0.29, 0.717) is 23.6 Å². The van der Waals surface area contributed by atoms with Crippen LogP contribution >= 0.6 is 0 Å². The van der Waals surface area contributed by atoms with Crippen LogP contribution in [-0.2, 0) is 9.47 Å². The summed E-state index contributed by atoms with van der Waals surface area (Å²) in [7, 11) is 3.59. The summed E-state index contributed by atoms with van der Waals surface area (Å²) in [5.41, 5.74) is 7.09. The summed E-state index contributed by atoms with van der Waals surface area (Å²) in [5.74, 6) is 0.380. The molecule has 20 heavy (non-hydrogen) atoms. The largest absolute Gasteiger partial charge is 0.382 e. The molecule has 0 aliphatic carbocycles. The van der Waals surface area contributed by atoms with Gasteiger partial charge in [0.2, 0.25) is 0 Å². The first-order valence-electron chi connectivity index (χ1n) is 6.49. The smallest absolute Gasteiger partial charge is 0.167 e.